The maximum absolute atomic E-state index is 5.75. The molecule has 1 aromatic carbocycles. The van der Waals surface area contributed by atoms with Crippen molar-refractivity contribution >= 4 is 0 Å². The van der Waals surface area contributed by atoms with Crippen LogP contribution in [-0.2, 0) is 10.8 Å². The first kappa shape index (κ1) is 16.7. The van der Waals surface area contributed by atoms with Crippen LogP contribution >= 0.6 is 0 Å². The number of rotatable bonds is 3. The van der Waals surface area contributed by atoms with Gasteiger partial charge in [-0.1, -0.05) is 41.5 Å². The highest BCUT2D eigenvalue weighted by Crippen LogP contribution is 2.49. The predicted molar refractivity (Wildman–Crippen MR) is 83.5 cm³/mol. The van der Waals surface area contributed by atoms with Gasteiger partial charge in [0.05, 0.1) is 21.3 Å². The van der Waals surface area contributed by atoms with E-state index in [-0.39, 0.29) is 10.8 Å². The summed E-state index contributed by atoms with van der Waals surface area (Å²) in [4.78, 5) is 0. The molecule has 114 valence electrons. The van der Waals surface area contributed by atoms with E-state index in [0.717, 1.165) is 28.4 Å². The van der Waals surface area contributed by atoms with E-state index >= 15 is 0 Å². The van der Waals surface area contributed by atoms with Crippen LogP contribution in [0, 0.1) is 0 Å². The maximum atomic E-state index is 5.75. The lowest BCUT2D eigenvalue weighted by Crippen LogP contribution is -2.21. The third-order valence-corrected chi connectivity index (χ3v) is 3.35. The van der Waals surface area contributed by atoms with Crippen LogP contribution in [0.25, 0.3) is 0 Å². The normalized spacial score (nSPS) is 12.2. The quantitative estimate of drug-likeness (QED) is 0.826. The van der Waals surface area contributed by atoms with Crippen LogP contribution in [0.15, 0.2) is 6.07 Å². The summed E-state index contributed by atoms with van der Waals surface area (Å²) in [5.74, 6) is 2.47. The van der Waals surface area contributed by atoms with Crippen molar-refractivity contribution in [3.05, 3.63) is 17.2 Å². The summed E-state index contributed by atoms with van der Waals surface area (Å²) in [5.41, 5.74) is 1.99. The zero-order valence-electron chi connectivity index (χ0n) is 14.3. The Kier molecular flexibility index (Phi) is 4.62. The van der Waals surface area contributed by atoms with Gasteiger partial charge in [-0.15, -0.1) is 0 Å². The average Bonchev–Trinajstić information content (AvgIpc) is 2.33. The van der Waals surface area contributed by atoms with E-state index in [1.807, 2.05) is 6.07 Å². The second kappa shape index (κ2) is 5.55. The van der Waals surface area contributed by atoms with E-state index < -0.39 is 0 Å². The van der Waals surface area contributed by atoms with Gasteiger partial charge in [0.15, 0.2) is 0 Å². The lowest BCUT2D eigenvalue weighted by molar-refractivity contribution is 0.338. The maximum Gasteiger partial charge on any atom is 0.133 e. The largest absolute Gasteiger partial charge is 0.496 e. The topological polar surface area (TPSA) is 27.7 Å². The average molecular weight is 280 g/mol. The van der Waals surface area contributed by atoms with Crippen LogP contribution < -0.4 is 14.2 Å². The molecule has 0 atom stereocenters. The van der Waals surface area contributed by atoms with Crippen LogP contribution in [-0.4, -0.2) is 21.3 Å². The molecule has 20 heavy (non-hydrogen) atoms. The highest BCUT2D eigenvalue weighted by Gasteiger charge is 2.33. The van der Waals surface area contributed by atoms with E-state index in [0.29, 0.717) is 0 Å². The minimum absolute atomic E-state index is 0.0804. The molecule has 1 rings (SSSR count). The Bertz CT molecular complexity index is 436. The van der Waals surface area contributed by atoms with Crippen molar-refractivity contribution in [2.75, 3.05) is 21.3 Å². The summed E-state index contributed by atoms with van der Waals surface area (Å²) in [6, 6.07) is 1.96. The van der Waals surface area contributed by atoms with E-state index in [9.17, 15) is 0 Å². The van der Waals surface area contributed by atoms with E-state index in [1.165, 1.54) is 0 Å². The van der Waals surface area contributed by atoms with Gasteiger partial charge in [0.2, 0.25) is 0 Å². The molecule has 0 aliphatic heterocycles. The van der Waals surface area contributed by atoms with Crippen molar-refractivity contribution in [2.45, 2.75) is 52.4 Å². The Morgan fingerprint density at radius 2 is 1.00 bits per heavy atom. The first-order valence-corrected chi connectivity index (χ1v) is 6.91. The van der Waals surface area contributed by atoms with Gasteiger partial charge in [-0.05, 0) is 10.8 Å². The lowest BCUT2D eigenvalue weighted by Gasteiger charge is -2.31. The Hall–Kier alpha value is -1.38. The number of ether oxygens (including phenoxy) is 3. The predicted octanol–water partition coefficient (Wildman–Crippen LogP) is 4.31. The summed E-state index contributed by atoms with van der Waals surface area (Å²) in [5, 5.41) is 0. The van der Waals surface area contributed by atoms with Gasteiger partial charge in [0.25, 0.3) is 0 Å². The zero-order valence-corrected chi connectivity index (χ0v) is 14.3. The van der Waals surface area contributed by atoms with E-state index in [1.54, 1.807) is 21.3 Å². The van der Waals surface area contributed by atoms with Crippen molar-refractivity contribution in [2.24, 2.45) is 0 Å². The minimum Gasteiger partial charge on any atom is -0.496 e. The van der Waals surface area contributed by atoms with Crippen LogP contribution in [0.1, 0.15) is 52.7 Å². The number of methoxy groups -OCH3 is 3. The van der Waals surface area contributed by atoms with Crippen molar-refractivity contribution in [1.82, 2.24) is 0 Å². The highest BCUT2D eigenvalue weighted by atomic mass is 16.5. The molecule has 0 aliphatic rings. The molecule has 1 aromatic rings. The first-order valence-electron chi connectivity index (χ1n) is 6.91. The fourth-order valence-corrected chi connectivity index (χ4v) is 2.56. The van der Waals surface area contributed by atoms with Gasteiger partial charge in [-0.2, -0.15) is 0 Å². The summed E-state index contributed by atoms with van der Waals surface area (Å²) < 4.78 is 16.9. The zero-order chi connectivity index (χ0) is 15.7. The number of benzene rings is 1. The molecule has 0 radical (unpaired) electrons. The molecule has 0 fully saturated rings. The molecule has 3 heteroatoms. The molecule has 0 unspecified atom stereocenters. The molecule has 0 saturated heterocycles. The smallest absolute Gasteiger partial charge is 0.133 e. The molecule has 0 N–H and O–H groups in total. The van der Waals surface area contributed by atoms with Gasteiger partial charge >= 0.3 is 0 Å². The molecular formula is C17H28O3. The Morgan fingerprint density at radius 3 is 1.20 bits per heavy atom. The third kappa shape index (κ3) is 3.02. The molecule has 0 amide bonds. The van der Waals surface area contributed by atoms with E-state index in [4.69, 9.17) is 14.2 Å². The molecule has 0 saturated carbocycles. The fourth-order valence-electron chi connectivity index (χ4n) is 2.56. The Labute approximate surface area is 123 Å². The van der Waals surface area contributed by atoms with Gasteiger partial charge in [0.1, 0.15) is 17.2 Å². The summed E-state index contributed by atoms with van der Waals surface area (Å²) in [6.07, 6.45) is 0. The van der Waals surface area contributed by atoms with Gasteiger partial charge in [0, 0.05) is 17.2 Å². The summed E-state index contributed by atoms with van der Waals surface area (Å²) in [6.45, 7) is 13.0. The summed E-state index contributed by atoms with van der Waals surface area (Å²) >= 11 is 0. The lowest BCUT2D eigenvalue weighted by atomic mass is 9.78. The second-order valence-electron chi connectivity index (χ2n) is 7.06. The van der Waals surface area contributed by atoms with Gasteiger partial charge in [-0.3, -0.25) is 0 Å². The minimum atomic E-state index is -0.0804. The number of hydrogen-bond acceptors (Lipinski definition) is 3. The fraction of sp³-hybridized carbons (Fsp3) is 0.647. The second-order valence-corrected chi connectivity index (χ2v) is 7.06. The SMILES string of the molecule is COc1cc(OC)c(C(C)(C)C)c(OC)c1C(C)(C)C. The Morgan fingerprint density at radius 1 is 0.650 bits per heavy atom. The molecule has 0 bridgehead atoms. The number of hydrogen-bond donors (Lipinski definition) is 0. The molecular weight excluding hydrogens is 252 g/mol. The molecule has 0 heterocycles. The molecule has 0 spiro atoms. The van der Waals surface area contributed by atoms with Crippen LogP contribution in [0.3, 0.4) is 0 Å². The summed E-state index contributed by atoms with van der Waals surface area (Å²) in [7, 11) is 5.07. The van der Waals surface area contributed by atoms with Crippen LogP contribution in [0.4, 0.5) is 0 Å². The standard InChI is InChI=1S/C17H28O3/c1-16(2,3)13-11(18-7)10-12(19-8)14(15(13)20-9)17(4,5)6/h10H,1-9H3. The highest BCUT2D eigenvalue weighted by molar-refractivity contribution is 5.61. The van der Waals surface area contributed by atoms with Crippen molar-refractivity contribution < 1.29 is 14.2 Å². The van der Waals surface area contributed by atoms with Gasteiger partial charge in [-0.25, -0.2) is 0 Å². The third-order valence-electron chi connectivity index (χ3n) is 3.35. The van der Waals surface area contributed by atoms with Gasteiger partial charge < -0.3 is 14.2 Å². The van der Waals surface area contributed by atoms with Crippen LogP contribution in [0.2, 0.25) is 0 Å². The first-order chi connectivity index (χ1) is 9.07. The van der Waals surface area contributed by atoms with Crippen molar-refractivity contribution in [3.8, 4) is 17.2 Å². The van der Waals surface area contributed by atoms with Crippen LogP contribution in [0.5, 0.6) is 17.2 Å². The molecule has 3 nitrogen and oxygen atoms in total. The molecule has 0 aliphatic carbocycles. The monoisotopic (exact) mass is 280 g/mol. The van der Waals surface area contributed by atoms with Crippen molar-refractivity contribution in [1.29, 1.82) is 0 Å². The Balaban J connectivity index is 3.85. The van der Waals surface area contributed by atoms with Crippen molar-refractivity contribution in [3.63, 3.8) is 0 Å². The molecule has 0 aromatic heterocycles. The van der Waals surface area contributed by atoms with E-state index in [2.05, 4.69) is 41.5 Å².